The Hall–Kier alpha value is -3.57. The molecule has 4 rings (SSSR count). The SMILES string of the molecule is COC(=O)c1cccc(COc2c(-c3ccccc3)oc3ccc(Cl)cc3c2=O)c1. The fraction of sp³-hybridized carbons (Fsp3) is 0.0833. The van der Waals surface area contributed by atoms with Crippen molar-refractivity contribution in [2.45, 2.75) is 6.61 Å². The van der Waals surface area contributed by atoms with Crippen LogP contribution in [0.15, 0.2) is 82.0 Å². The Morgan fingerprint density at radius 3 is 2.57 bits per heavy atom. The Labute approximate surface area is 177 Å². The molecule has 0 spiro atoms. The predicted octanol–water partition coefficient (Wildman–Crippen LogP) is 5.48. The first kappa shape index (κ1) is 19.7. The van der Waals surface area contributed by atoms with E-state index in [0.29, 0.717) is 38.4 Å². The van der Waals surface area contributed by atoms with Crippen molar-refractivity contribution >= 4 is 28.5 Å². The monoisotopic (exact) mass is 420 g/mol. The molecule has 0 saturated carbocycles. The molecule has 0 atom stereocenters. The fourth-order valence-corrected chi connectivity index (χ4v) is 3.29. The maximum atomic E-state index is 13.2. The molecule has 0 aliphatic carbocycles. The molecular weight excluding hydrogens is 404 g/mol. The molecule has 150 valence electrons. The van der Waals surface area contributed by atoms with Gasteiger partial charge in [0.25, 0.3) is 0 Å². The summed E-state index contributed by atoms with van der Waals surface area (Å²) in [7, 11) is 1.32. The van der Waals surface area contributed by atoms with Gasteiger partial charge < -0.3 is 13.9 Å². The Kier molecular flexibility index (Phi) is 5.55. The summed E-state index contributed by atoms with van der Waals surface area (Å²) in [5.41, 5.74) is 1.93. The second-order valence-corrected chi connectivity index (χ2v) is 7.01. The van der Waals surface area contributed by atoms with Crippen LogP contribution in [-0.2, 0) is 11.3 Å². The Morgan fingerprint density at radius 2 is 1.80 bits per heavy atom. The lowest BCUT2D eigenvalue weighted by molar-refractivity contribution is 0.0600. The number of esters is 1. The molecule has 0 radical (unpaired) electrons. The van der Waals surface area contributed by atoms with Gasteiger partial charge in [0, 0.05) is 10.6 Å². The van der Waals surface area contributed by atoms with E-state index in [2.05, 4.69) is 0 Å². The third kappa shape index (κ3) is 3.93. The van der Waals surface area contributed by atoms with Crippen molar-refractivity contribution in [2.75, 3.05) is 7.11 Å². The van der Waals surface area contributed by atoms with Gasteiger partial charge >= 0.3 is 5.97 Å². The van der Waals surface area contributed by atoms with Crippen LogP contribution in [0.2, 0.25) is 5.02 Å². The Bertz CT molecular complexity index is 1280. The number of rotatable bonds is 5. The molecule has 5 nitrogen and oxygen atoms in total. The van der Waals surface area contributed by atoms with Crippen LogP contribution in [0.1, 0.15) is 15.9 Å². The normalized spacial score (nSPS) is 10.7. The number of fused-ring (bicyclic) bond motifs is 1. The van der Waals surface area contributed by atoms with Crippen LogP contribution >= 0.6 is 11.6 Å². The summed E-state index contributed by atoms with van der Waals surface area (Å²) in [5, 5.41) is 0.763. The van der Waals surface area contributed by atoms with E-state index < -0.39 is 5.97 Å². The van der Waals surface area contributed by atoms with Crippen molar-refractivity contribution in [3.05, 3.63) is 99.2 Å². The average molecular weight is 421 g/mol. The zero-order valence-corrected chi connectivity index (χ0v) is 16.8. The molecule has 0 fully saturated rings. The minimum atomic E-state index is -0.443. The lowest BCUT2D eigenvalue weighted by Gasteiger charge is -2.12. The van der Waals surface area contributed by atoms with Crippen LogP contribution < -0.4 is 10.2 Å². The molecular formula is C24H17ClO5. The summed E-state index contributed by atoms with van der Waals surface area (Å²) >= 11 is 6.07. The molecule has 4 aromatic rings. The van der Waals surface area contributed by atoms with E-state index >= 15 is 0 Å². The molecule has 0 unspecified atom stereocenters. The topological polar surface area (TPSA) is 65.7 Å². The van der Waals surface area contributed by atoms with Crippen molar-refractivity contribution in [2.24, 2.45) is 0 Å². The molecule has 3 aromatic carbocycles. The summed E-state index contributed by atoms with van der Waals surface area (Å²) in [4.78, 5) is 25.0. The van der Waals surface area contributed by atoms with Gasteiger partial charge in [-0.05, 0) is 35.9 Å². The molecule has 0 saturated heterocycles. The first-order chi connectivity index (χ1) is 14.6. The van der Waals surface area contributed by atoms with Crippen LogP contribution in [0.4, 0.5) is 0 Å². The zero-order valence-electron chi connectivity index (χ0n) is 16.1. The van der Waals surface area contributed by atoms with Gasteiger partial charge in [-0.1, -0.05) is 54.1 Å². The van der Waals surface area contributed by atoms with Crippen LogP contribution in [0, 0.1) is 0 Å². The number of ether oxygens (including phenoxy) is 2. The number of carbonyl (C=O) groups excluding carboxylic acids is 1. The maximum absolute atomic E-state index is 13.2. The summed E-state index contributed by atoms with van der Waals surface area (Å²) in [6, 6.07) is 21.0. The minimum absolute atomic E-state index is 0.0709. The Balaban J connectivity index is 1.78. The zero-order chi connectivity index (χ0) is 21.1. The van der Waals surface area contributed by atoms with Gasteiger partial charge in [0.05, 0.1) is 18.1 Å². The van der Waals surface area contributed by atoms with E-state index in [1.54, 1.807) is 42.5 Å². The van der Waals surface area contributed by atoms with E-state index in [1.807, 2.05) is 30.3 Å². The summed E-state index contributed by atoms with van der Waals surface area (Å²) in [5.74, 6) is -0.0272. The third-order valence-corrected chi connectivity index (χ3v) is 4.81. The smallest absolute Gasteiger partial charge is 0.337 e. The molecule has 0 bridgehead atoms. The largest absolute Gasteiger partial charge is 0.481 e. The fourth-order valence-electron chi connectivity index (χ4n) is 3.12. The number of carbonyl (C=O) groups is 1. The molecule has 1 heterocycles. The van der Waals surface area contributed by atoms with Gasteiger partial charge in [0.2, 0.25) is 11.2 Å². The van der Waals surface area contributed by atoms with E-state index in [1.165, 1.54) is 7.11 Å². The van der Waals surface area contributed by atoms with E-state index in [9.17, 15) is 9.59 Å². The molecule has 0 N–H and O–H groups in total. The van der Waals surface area contributed by atoms with Crippen LogP contribution in [0.5, 0.6) is 5.75 Å². The highest BCUT2D eigenvalue weighted by atomic mass is 35.5. The van der Waals surface area contributed by atoms with E-state index in [0.717, 1.165) is 0 Å². The van der Waals surface area contributed by atoms with Gasteiger partial charge in [0.15, 0.2) is 5.76 Å². The van der Waals surface area contributed by atoms with Crippen LogP contribution in [-0.4, -0.2) is 13.1 Å². The van der Waals surface area contributed by atoms with E-state index in [-0.39, 0.29) is 17.8 Å². The van der Waals surface area contributed by atoms with Crippen LogP contribution in [0.25, 0.3) is 22.3 Å². The van der Waals surface area contributed by atoms with Gasteiger partial charge in [0.1, 0.15) is 12.2 Å². The van der Waals surface area contributed by atoms with E-state index in [4.69, 9.17) is 25.5 Å². The van der Waals surface area contributed by atoms with Gasteiger partial charge in [-0.2, -0.15) is 0 Å². The third-order valence-electron chi connectivity index (χ3n) is 4.58. The maximum Gasteiger partial charge on any atom is 0.337 e. The molecule has 0 aliphatic rings. The molecule has 1 aromatic heterocycles. The Morgan fingerprint density at radius 1 is 1.00 bits per heavy atom. The first-order valence-corrected chi connectivity index (χ1v) is 9.56. The van der Waals surface area contributed by atoms with Gasteiger partial charge in [-0.15, -0.1) is 0 Å². The number of methoxy groups -OCH3 is 1. The van der Waals surface area contributed by atoms with Crippen LogP contribution in [0.3, 0.4) is 0 Å². The van der Waals surface area contributed by atoms with Crippen molar-refractivity contribution in [3.63, 3.8) is 0 Å². The summed E-state index contributed by atoms with van der Waals surface area (Å²) in [6.07, 6.45) is 0. The van der Waals surface area contributed by atoms with Crippen molar-refractivity contribution in [1.29, 1.82) is 0 Å². The molecule has 6 heteroatoms. The standard InChI is InChI=1S/C24H17ClO5/c1-28-24(27)17-9-5-6-15(12-17)14-29-23-21(26)19-13-18(25)10-11-20(19)30-22(23)16-7-3-2-4-8-16/h2-13H,14H2,1H3. The number of halogens is 1. The second kappa shape index (κ2) is 8.43. The molecule has 0 amide bonds. The average Bonchev–Trinajstić information content (AvgIpc) is 2.79. The highest BCUT2D eigenvalue weighted by Gasteiger charge is 2.18. The van der Waals surface area contributed by atoms with Gasteiger partial charge in [-0.25, -0.2) is 4.79 Å². The summed E-state index contributed by atoms with van der Waals surface area (Å²) < 4.78 is 16.7. The number of hydrogen-bond donors (Lipinski definition) is 0. The van der Waals surface area contributed by atoms with Crippen molar-refractivity contribution in [3.8, 4) is 17.1 Å². The highest BCUT2D eigenvalue weighted by Crippen LogP contribution is 2.32. The lowest BCUT2D eigenvalue weighted by atomic mass is 10.1. The van der Waals surface area contributed by atoms with Gasteiger partial charge in [-0.3, -0.25) is 4.79 Å². The quantitative estimate of drug-likeness (QED) is 0.400. The predicted molar refractivity (Wildman–Crippen MR) is 115 cm³/mol. The minimum Gasteiger partial charge on any atom is -0.481 e. The number of benzene rings is 3. The highest BCUT2D eigenvalue weighted by molar-refractivity contribution is 6.31. The number of hydrogen-bond acceptors (Lipinski definition) is 5. The summed E-state index contributed by atoms with van der Waals surface area (Å²) in [6.45, 7) is 0.0709. The molecule has 30 heavy (non-hydrogen) atoms. The second-order valence-electron chi connectivity index (χ2n) is 6.58. The molecule has 0 aliphatic heterocycles. The first-order valence-electron chi connectivity index (χ1n) is 9.18. The van der Waals surface area contributed by atoms with Crippen molar-refractivity contribution in [1.82, 2.24) is 0 Å². The van der Waals surface area contributed by atoms with Crippen molar-refractivity contribution < 1.29 is 18.7 Å². The lowest BCUT2D eigenvalue weighted by Crippen LogP contribution is -2.11.